The van der Waals surface area contributed by atoms with Crippen molar-refractivity contribution in [2.45, 2.75) is 136 Å². The number of hydrogen-bond acceptors (Lipinski definition) is 3. The Morgan fingerprint density at radius 2 is 0.765 bits per heavy atom. The van der Waals surface area contributed by atoms with Crippen molar-refractivity contribution >= 4 is 14.0 Å². The van der Waals surface area contributed by atoms with Crippen molar-refractivity contribution in [2.75, 3.05) is 19.8 Å². The van der Waals surface area contributed by atoms with Crippen LogP contribution >= 0.6 is 0 Å². The van der Waals surface area contributed by atoms with Crippen LogP contribution in [0.5, 0.6) is 0 Å². The molecule has 0 aliphatic rings. The summed E-state index contributed by atoms with van der Waals surface area (Å²) in [5.74, 6) is 0. The number of unbranched alkanes of at least 4 members (excludes halogenated alkanes) is 15. The molecule has 0 aromatic heterocycles. The third-order valence-corrected chi connectivity index (χ3v) is 9.29. The molecule has 0 radical (unpaired) electrons. The summed E-state index contributed by atoms with van der Waals surface area (Å²) >= 11 is 0. The molecule has 0 atom stereocenters. The van der Waals surface area contributed by atoms with Crippen molar-refractivity contribution < 1.29 is 13.3 Å². The van der Waals surface area contributed by atoms with Crippen molar-refractivity contribution in [3.05, 3.63) is 30.3 Å². The predicted molar refractivity (Wildman–Crippen MR) is 150 cm³/mol. The SMILES string of the molecule is CCCCCCCCO[Si](OCCCCCCCC)(OCCCCCCCC)c1ccccc1. The minimum Gasteiger partial charge on any atom is -0.370 e. The van der Waals surface area contributed by atoms with E-state index in [2.05, 4.69) is 51.1 Å². The van der Waals surface area contributed by atoms with Gasteiger partial charge in [-0.05, 0) is 19.3 Å². The molecule has 1 aromatic carbocycles. The topological polar surface area (TPSA) is 27.7 Å². The summed E-state index contributed by atoms with van der Waals surface area (Å²) in [6.45, 7) is 9.02. The molecule has 0 fully saturated rings. The predicted octanol–water partition coefficient (Wildman–Crippen LogP) is 8.96. The molecule has 0 amide bonds. The molecule has 0 saturated heterocycles. The highest BCUT2D eigenvalue weighted by atomic mass is 28.4. The monoisotopic (exact) mass is 492 g/mol. The summed E-state index contributed by atoms with van der Waals surface area (Å²) in [4.78, 5) is 0. The van der Waals surface area contributed by atoms with Crippen LogP contribution in [0, 0.1) is 0 Å². The fourth-order valence-electron chi connectivity index (χ4n) is 4.28. The Morgan fingerprint density at radius 3 is 1.12 bits per heavy atom. The van der Waals surface area contributed by atoms with Crippen LogP contribution in [0.2, 0.25) is 0 Å². The molecule has 0 aliphatic heterocycles. The van der Waals surface area contributed by atoms with Gasteiger partial charge >= 0.3 is 8.80 Å². The van der Waals surface area contributed by atoms with Crippen LogP contribution in [0.15, 0.2) is 30.3 Å². The summed E-state index contributed by atoms with van der Waals surface area (Å²) in [6, 6.07) is 10.5. The van der Waals surface area contributed by atoms with Gasteiger partial charge in [0.05, 0.1) is 0 Å². The standard InChI is InChI=1S/C30H56O3Si/c1-4-7-10-13-16-22-27-31-34(30-25-20-19-21-26-30,32-28-23-17-14-11-8-5-2)33-29-24-18-15-12-9-6-3/h19-21,25-26H,4-18,22-24,27-29H2,1-3H3. The van der Waals surface area contributed by atoms with Crippen LogP contribution in [0.25, 0.3) is 0 Å². The molecule has 198 valence electrons. The van der Waals surface area contributed by atoms with Gasteiger partial charge in [0.2, 0.25) is 0 Å². The smallest absolute Gasteiger partial charge is 0.370 e. The van der Waals surface area contributed by atoms with Crippen LogP contribution in [0.1, 0.15) is 136 Å². The quantitative estimate of drug-likeness (QED) is 0.101. The average molecular weight is 493 g/mol. The number of rotatable bonds is 25. The molecular weight excluding hydrogens is 436 g/mol. The summed E-state index contributed by atoms with van der Waals surface area (Å²) in [6.07, 6.45) is 22.8. The van der Waals surface area contributed by atoms with Gasteiger partial charge in [0.1, 0.15) is 0 Å². The highest BCUT2D eigenvalue weighted by Gasteiger charge is 2.43. The second kappa shape index (κ2) is 22.8. The highest BCUT2D eigenvalue weighted by Crippen LogP contribution is 2.16. The van der Waals surface area contributed by atoms with E-state index in [1.54, 1.807) is 0 Å². The van der Waals surface area contributed by atoms with E-state index in [1.807, 2.05) is 0 Å². The minimum atomic E-state index is -2.90. The van der Waals surface area contributed by atoms with Crippen molar-refractivity contribution in [1.82, 2.24) is 0 Å². The van der Waals surface area contributed by atoms with Gasteiger partial charge in [-0.2, -0.15) is 0 Å². The Hall–Kier alpha value is -0.683. The second-order valence-electron chi connectivity index (χ2n) is 9.77. The second-order valence-corrected chi connectivity index (χ2v) is 12.3. The van der Waals surface area contributed by atoms with Gasteiger partial charge in [0.25, 0.3) is 0 Å². The molecule has 0 N–H and O–H groups in total. The maximum atomic E-state index is 6.61. The zero-order chi connectivity index (χ0) is 24.6. The molecule has 1 rings (SSSR count). The first-order valence-electron chi connectivity index (χ1n) is 14.8. The van der Waals surface area contributed by atoms with Crippen LogP contribution in [0.3, 0.4) is 0 Å². The normalized spacial score (nSPS) is 11.9. The molecule has 1 aromatic rings. The molecule has 0 unspecified atom stereocenters. The van der Waals surface area contributed by atoms with Gasteiger partial charge in [0.15, 0.2) is 0 Å². The molecule has 0 spiro atoms. The Bertz CT molecular complexity index is 492. The van der Waals surface area contributed by atoms with E-state index in [0.717, 1.165) is 44.3 Å². The minimum absolute atomic E-state index is 0.736. The summed E-state index contributed by atoms with van der Waals surface area (Å²) in [5.41, 5.74) is 0. The molecular formula is C30H56O3Si. The van der Waals surface area contributed by atoms with Crippen molar-refractivity contribution in [2.24, 2.45) is 0 Å². The van der Waals surface area contributed by atoms with Crippen LogP contribution in [-0.4, -0.2) is 28.6 Å². The summed E-state index contributed by atoms with van der Waals surface area (Å²) < 4.78 is 19.8. The molecule has 0 bridgehead atoms. The fraction of sp³-hybridized carbons (Fsp3) is 0.800. The van der Waals surface area contributed by atoms with E-state index in [1.165, 1.54) is 96.3 Å². The van der Waals surface area contributed by atoms with Gasteiger partial charge in [-0.25, -0.2) is 0 Å². The zero-order valence-electron chi connectivity index (χ0n) is 23.0. The summed E-state index contributed by atoms with van der Waals surface area (Å²) in [7, 11) is -2.90. The molecule has 0 saturated carbocycles. The van der Waals surface area contributed by atoms with Gasteiger partial charge in [-0.1, -0.05) is 147 Å². The number of hydrogen-bond donors (Lipinski definition) is 0. The average Bonchev–Trinajstić information content (AvgIpc) is 2.87. The van der Waals surface area contributed by atoms with Crippen molar-refractivity contribution in [3.8, 4) is 0 Å². The first-order chi connectivity index (χ1) is 16.8. The lowest BCUT2D eigenvalue weighted by molar-refractivity contribution is 0.0688. The molecule has 0 heterocycles. The maximum absolute atomic E-state index is 6.61. The molecule has 3 nitrogen and oxygen atoms in total. The molecule has 4 heteroatoms. The van der Waals surface area contributed by atoms with Crippen molar-refractivity contribution in [1.29, 1.82) is 0 Å². The summed E-state index contributed by atoms with van der Waals surface area (Å²) in [5, 5.41) is 1.12. The maximum Gasteiger partial charge on any atom is 0.537 e. The van der Waals surface area contributed by atoms with E-state index in [4.69, 9.17) is 13.3 Å². The number of benzene rings is 1. The van der Waals surface area contributed by atoms with E-state index >= 15 is 0 Å². The lowest BCUT2D eigenvalue weighted by Gasteiger charge is -2.30. The van der Waals surface area contributed by atoms with Gasteiger partial charge in [-0.3, -0.25) is 0 Å². The Labute approximate surface area is 213 Å². The van der Waals surface area contributed by atoms with E-state index < -0.39 is 8.80 Å². The van der Waals surface area contributed by atoms with Gasteiger partial charge in [0, 0.05) is 25.0 Å². The van der Waals surface area contributed by atoms with Crippen LogP contribution in [-0.2, 0) is 13.3 Å². The van der Waals surface area contributed by atoms with Gasteiger partial charge < -0.3 is 13.3 Å². The largest absolute Gasteiger partial charge is 0.537 e. The van der Waals surface area contributed by atoms with Gasteiger partial charge in [-0.15, -0.1) is 0 Å². The highest BCUT2D eigenvalue weighted by molar-refractivity contribution is 6.75. The van der Waals surface area contributed by atoms with E-state index in [9.17, 15) is 0 Å². The third kappa shape index (κ3) is 15.3. The Morgan fingerprint density at radius 1 is 0.441 bits per heavy atom. The first kappa shape index (κ1) is 31.3. The lowest BCUT2D eigenvalue weighted by Crippen LogP contribution is -2.57. The van der Waals surface area contributed by atoms with Crippen molar-refractivity contribution in [3.63, 3.8) is 0 Å². The van der Waals surface area contributed by atoms with E-state index in [-0.39, 0.29) is 0 Å². The lowest BCUT2D eigenvalue weighted by atomic mass is 10.1. The first-order valence-corrected chi connectivity index (χ1v) is 16.5. The van der Waals surface area contributed by atoms with Crippen LogP contribution in [0.4, 0.5) is 0 Å². The Kier molecular flexibility index (Phi) is 21.0. The Balaban J connectivity index is 2.66. The zero-order valence-corrected chi connectivity index (χ0v) is 24.0. The third-order valence-electron chi connectivity index (χ3n) is 6.50. The van der Waals surface area contributed by atoms with E-state index in [0.29, 0.717) is 0 Å². The molecule has 34 heavy (non-hydrogen) atoms. The fourth-order valence-corrected chi connectivity index (χ4v) is 6.87. The molecule has 0 aliphatic carbocycles. The van der Waals surface area contributed by atoms with Crippen LogP contribution < -0.4 is 5.19 Å².